The van der Waals surface area contributed by atoms with Gasteiger partial charge in [0.15, 0.2) is 0 Å². The lowest BCUT2D eigenvalue weighted by Gasteiger charge is -2.33. The van der Waals surface area contributed by atoms with E-state index in [1.807, 2.05) is 35.9 Å². The van der Waals surface area contributed by atoms with Gasteiger partial charge in [0.05, 0.1) is 36.8 Å². The Balaban J connectivity index is 1.54. The molecule has 0 fully saturated rings. The molecule has 39 heavy (non-hydrogen) atoms. The van der Waals surface area contributed by atoms with Crippen molar-refractivity contribution in [2.24, 2.45) is 0 Å². The van der Waals surface area contributed by atoms with Gasteiger partial charge in [-0.15, -0.1) is 0 Å². The van der Waals surface area contributed by atoms with Crippen LogP contribution in [0.15, 0.2) is 55.0 Å². The molecule has 204 valence electrons. The molecule has 3 heterocycles. The first-order valence-electron chi connectivity index (χ1n) is 12.5. The Morgan fingerprint density at radius 1 is 1.15 bits per heavy atom. The molecule has 1 aliphatic heterocycles. The van der Waals surface area contributed by atoms with Crippen LogP contribution in [0.4, 0.5) is 21.8 Å². The molecule has 0 radical (unpaired) electrons. The monoisotopic (exact) mass is 551 g/mol. The van der Waals surface area contributed by atoms with E-state index >= 15 is 0 Å². The number of rotatable bonds is 8. The zero-order chi connectivity index (χ0) is 27.7. The molecule has 0 spiro atoms. The number of hydrogen-bond acceptors (Lipinski definition) is 8. The Morgan fingerprint density at radius 3 is 2.56 bits per heavy atom. The average Bonchev–Trinajstić information content (AvgIpc) is 3.41. The van der Waals surface area contributed by atoms with Crippen molar-refractivity contribution in [1.82, 2.24) is 23.8 Å². The minimum absolute atomic E-state index is 0.134. The number of nitrogens with one attached hydrogen (secondary N) is 2. The Morgan fingerprint density at radius 2 is 1.92 bits per heavy atom. The number of nitrogens with zero attached hydrogens (tertiary/aromatic N) is 5. The quantitative estimate of drug-likeness (QED) is 0.337. The number of aromatic nitrogens is 4. The highest BCUT2D eigenvalue weighted by Crippen LogP contribution is 2.37. The summed E-state index contributed by atoms with van der Waals surface area (Å²) < 4.78 is 47.7. The van der Waals surface area contributed by atoms with Crippen LogP contribution in [0, 0.1) is 5.82 Å². The fraction of sp³-hybridized carbons (Fsp3) is 0.296. The number of hydrogen-bond donors (Lipinski definition) is 2. The molecule has 1 aliphatic rings. The molecule has 10 nitrogen and oxygen atoms in total. The van der Waals surface area contributed by atoms with Crippen LogP contribution >= 0.6 is 0 Å². The van der Waals surface area contributed by atoms with Crippen LogP contribution in [0.25, 0.3) is 5.69 Å². The van der Waals surface area contributed by atoms with E-state index in [4.69, 9.17) is 9.72 Å². The molecule has 2 aromatic heterocycles. The summed E-state index contributed by atoms with van der Waals surface area (Å²) in [6.45, 7) is 2.37. The molecule has 0 bridgehead atoms. The van der Waals surface area contributed by atoms with Crippen molar-refractivity contribution in [2.45, 2.75) is 25.8 Å². The van der Waals surface area contributed by atoms with Crippen LogP contribution < -0.4 is 15.4 Å². The Bertz CT molecular complexity index is 1610. The zero-order valence-corrected chi connectivity index (χ0v) is 23.0. The lowest BCUT2D eigenvalue weighted by Crippen LogP contribution is -2.39. The first-order chi connectivity index (χ1) is 18.7. The van der Waals surface area contributed by atoms with Crippen LogP contribution in [0.1, 0.15) is 35.4 Å². The largest absolute Gasteiger partial charge is 0.494 e. The van der Waals surface area contributed by atoms with E-state index in [-0.39, 0.29) is 18.9 Å². The number of methoxy groups -OCH3 is 1. The number of aryl methyl sites for hydroxylation is 1. The summed E-state index contributed by atoms with van der Waals surface area (Å²) in [6.07, 6.45) is 5.73. The predicted molar refractivity (Wildman–Crippen MR) is 148 cm³/mol. The molecular formula is C27H30FN7O3S. The molecule has 1 unspecified atom stereocenters. The molecular weight excluding hydrogens is 521 g/mol. The second-order valence-corrected chi connectivity index (χ2v) is 11.3. The van der Waals surface area contributed by atoms with Crippen molar-refractivity contribution in [2.75, 3.05) is 37.6 Å². The summed E-state index contributed by atoms with van der Waals surface area (Å²) in [4.78, 5) is 13.9. The maximum atomic E-state index is 13.7. The van der Waals surface area contributed by atoms with E-state index in [2.05, 4.69) is 20.6 Å². The molecule has 0 saturated heterocycles. The Labute approximate surface area is 226 Å². The van der Waals surface area contributed by atoms with Crippen molar-refractivity contribution in [3.63, 3.8) is 0 Å². The smallest absolute Gasteiger partial charge is 0.229 e. The van der Waals surface area contributed by atoms with Crippen LogP contribution in [0.3, 0.4) is 0 Å². The van der Waals surface area contributed by atoms with Gasteiger partial charge in [0, 0.05) is 49.6 Å². The van der Waals surface area contributed by atoms with Gasteiger partial charge in [0.25, 0.3) is 0 Å². The topological polar surface area (TPSA) is 114 Å². The minimum Gasteiger partial charge on any atom is -0.494 e. The van der Waals surface area contributed by atoms with Crippen LogP contribution in [0.5, 0.6) is 5.75 Å². The molecule has 0 aliphatic carbocycles. The SMILES string of the molecule is CCc1cn(-c2ccc(Nc3nc(NC)c4c(n3)C(c3ccc(F)cc3)CN(S(C)(=O)=O)C4)cc2OC)cn1. The molecule has 2 N–H and O–H groups in total. The van der Waals surface area contributed by atoms with Gasteiger partial charge in [-0.25, -0.2) is 22.8 Å². The van der Waals surface area contributed by atoms with Gasteiger partial charge in [0.1, 0.15) is 17.4 Å². The Kier molecular flexibility index (Phi) is 7.23. The van der Waals surface area contributed by atoms with Crippen molar-refractivity contribution < 1.29 is 17.5 Å². The standard InChI is InChI=1S/C27H30FN7O3S/c1-5-19-13-34(16-30-19)23-11-10-20(12-24(23)38-3)31-27-32-25-21(17-6-8-18(28)9-7-17)14-35(39(4,36)37)15-22(25)26(29-2)33-27/h6-13,16,21H,5,14-15H2,1-4H3,(H2,29,31,32,33). The zero-order valence-electron chi connectivity index (χ0n) is 22.1. The number of ether oxygens (including phenoxy) is 1. The number of sulfonamides is 1. The highest BCUT2D eigenvalue weighted by Gasteiger charge is 2.35. The van der Waals surface area contributed by atoms with Crippen molar-refractivity contribution in [3.8, 4) is 11.4 Å². The molecule has 5 rings (SSSR count). The van der Waals surface area contributed by atoms with Crippen molar-refractivity contribution >= 4 is 27.5 Å². The fourth-order valence-electron chi connectivity index (χ4n) is 4.73. The summed E-state index contributed by atoms with van der Waals surface area (Å²) in [5, 5.41) is 6.35. The molecule has 0 amide bonds. The predicted octanol–water partition coefficient (Wildman–Crippen LogP) is 4.06. The Hall–Kier alpha value is -4.03. The maximum absolute atomic E-state index is 13.7. The second-order valence-electron chi connectivity index (χ2n) is 9.31. The molecule has 1 atom stereocenters. The van der Waals surface area contributed by atoms with Gasteiger partial charge in [-0.05, 0) is 36.2 Å². The molecule has 12 heteroatoms. The van der Waals surface area contributed by atoms with E-state index in [9.17, 15) is 12.8 Å². The highest BCUT2D eigenvalue weighted by molar-refractivity contribution is 7.88. The summed E-state index contributed by atoms with van der Waals surface area (Å²) in [5.74, 6) is 0.709. The van der Waals surface area contributed by atoms with Gasteiger partial charge in [-0.3, -0.25) is 0 Å². The third-order valence-electron chi connectivity index (χ3n) is 6.78. The van der Waals surface area contributed by atoms with Gasteiger partial charge in [-0.2, -0.15) is 9.29 Å². The van der Waals surface area contributed by atoms with E-state index < -0.39 is 15.9 Å². The van der Waals surface area contributed by atoms with Crippen LogP contribution in [0.2, 0.25) is 0 Å². The third-order valence-corrected chi connectivity index (χ3v) is 8.00. The van der Waals surface area contributed by atoms with E-state index in [0.29, 0.717) is 34.5 Å². The third kappa shape index (κ3) is 5.43. The number of halogens is 1. The lowest BCUT2D eigenvalue weighted by atomic mass is 9.89. The van der Waals surface area contributed by atoms with E-state index in [0.717, 1.165) is 23.4 Å². The first kappa shape index (κ1) is 26.6. The minimum atomic E-state index is -3.50. The van der Waals surface area contributed by atoms with E-state index in [1.54, 1.807) is 32.6 Å². The van der Waals surface area contributed by atoms with Gasteiger partial charge in [-0.1, -0.05) is 19.1 Å². The number of anilines is 3. The second kappa shape index (κ2) is 10.6. The van der Waals surface area contributed by atoms with Gasteiger partial charge < -0.3 is 19.9 Å². The number of imidazole rings is 1. The van der Waals surface area contributed by atoms with E-state index in [1.165, 1.54) is 22.7 Å². The molecule has 4 aromatic rings. The van der Waals surface area contributed by atoms with Crippen LogP contribution in [-0.2, 0) is 23.0 Å². The highest BCUT2D eigenvalue weighted by atomic mass is 32.2. The number of fused-ring (bicyclic) bond motifs is 1. The molecule has 2 aromatic carbocycles. The summed E-state index contributed by atoms with van der Waals surface area (Å²) >= 11 is 0. The van der Waals surface area contributed by atoms with Gasteiger partial charge in [0.2, 0.25) is 16.0 Å². The maximum Gasteiger partial charge on any atom is 0.229 e. The normalized spacial score (nSPS) is 15.6. The van der Waals surface area contributed by atoms with Crippen molar-refractivity contribution in [1.29, 1.82) is 0 Å². The molecule has 0 saturated carbocycles. The summed E-state index contributed by atoms with van der Waals surface area (Å²) in [7, 11) is -0.161. The van der Waals surface area contributed by atoms with Crippen LogP contribution in [-0.4, -0.2) is 59.2 Å². The number of benzene rings is 2. The summed E-state index contributed by atoms with van der Waals surface area (Å²) in [5.41, 5.74) is 4.64. The fourth-order valence-corrected chi connectivity index (χ4v) is 5.51. The first-order valence-corrected chi connectivity index (χ1v) is 14.3. The lowest BCUT2D eigenvalue weighted by molar-refractivity contribution is 0.370. The van der Waals surface area contributed by atoms with Crippen molar-refractivity contribution in [3.05, 3.63) is 83.3 Å². The average molecular weight is 552 g/mol. The van der Waals surface area contributed by atoms with Gasteiger partial charge >= 0.3 is 0 Å². The summed E-state index contributed by atoms with van der Waals surface area (Å²) in [6, 6.07) is 11.7.